The molecule has 0 bridgehead atoms. The molecule has 1 atom stereocenters. The zero-order chi connectivity index (χ0) is 17.6. The summed E-state index contributed by atoms with van der Waals surface area (Å²) in [6.45, 7) is 7.57. The molecule has 134 valence electrons. The SMILES string of the molecule is CC[C@H](NCCN1CCc2ccccc2C1)C(=O)Nc1cc(C)on1. The van der Waals surface area contributed by atoms with E-state index in [1.807, 2.05) is 6.92 Å². The predicted molar refractivity (Wildman–Crippen MR) is 97.4 cm³/mol. The number of aryl methyl sites for hydroxylation is 1. The topological polar surface area (TPSA) is 70.4 Å². The zero-order valence-electron chi connectivity index (χ0n) is 14.9. The summed E-state index contributed by atoms with van der Waals surface area (Å²) in [5.41, 5.74) is 2.88. The van der Waals surface area contributed by atoms with Crippen LogP contribution in [-0.2, 0) is 17.8 Å². The molecule has 0 radical (unpaired) electrons. The van der Waals surface area contributed by atoms with Crippen molar-refractivity contribution in [2.45, 2.75) is 39.3 Å². The lowest BCUT2D eigenvalue weighted by Crippen LogP contribution is -2.44. The lowest BCUT2D eigenvalue weighted by molar-refractivity contribution is -0.118. The molecule has 0 unspecified atom stereocenters. The average Bonchev–Trinajstić information content (AvgIpc) is 3.03. The quantitative estimate of drug-likeness (QED) is 0.808. The molecule has 3 rings (SSSR count). The molecule has 1 aromatic carbocycles. The lowest BCUT2D eigenvalue weighted by atomic mass is 10.00. The first kappa shape index (κ1) is 17.6. The van der Waals surface area contributed by atoms with E-state index < -0.39 is 0 Å². The molecule has 0 saturated heterocycles. The summed E-state index contributed by atoms with van der Waals surface area (Å²) in [7, 11) is 0. The van der Waals surface area contributed by atoms with Crippen LogP contribution in [0.1, 0.15) is 30.2 Å². The molecule has 2 N–H and O–H groups in total. The largest absolute Gasteiger partial charge is 0.360 e. The van der Waals surface area contributed by atoms with Gasteiger partial charge in [-0.1, -0.05) is 36.3 Å². The van der Waals surface area contributed by atoms with Gasteiger partial charge in [0.1, 0.15) is 5.76 Å². The molecule has 6 heteroatoms. The maximum absolute atomic E-state index is 12.3. The van der Waals surface area contributed by atoms with Gasteiger partial charge >= 0.3 is 0 Å². The van der Waals surface area contributed by atoms with Crippen LogP contribution in [0.25, 0.3) is 0 Å². The average molecular weight is 342 g/mol. The Bertz CT molecular complexity index is 713. The molecule has 1 aliphatic rings. The highest BCUT2D eigenvalue weighted by atomic mass is 16.5. The van der Waals surface area contributed by atoms with Gasteiger partial charge < -0.3 is 15.2 Å². The van der Waals surface area contributed by atoms with E-state index >= 15 is 0 Å². The van der Waals surface area contributed by atoms with Crippen LogP contribution in [0, 0.1) is 6.92 Å². The smallest absolute Gasteiger partial charge is 0.242 e. The van der Waals surface area contributed by atoms with E-state index in [2.05, 4.69) is 45.0 Å². The lowest BCUT2D eigenvalue weighted by Gasteiger charge is -2.29. The first-order valence-electron chi connectivity index (χ1n) is 8.92. The maximum atomic E-state index is 12.3. The minimum atomic E-state index is -0.228. The molecule has 2 heterocycles. The highest BCUT2D eigenvalue weighted by molar-refractivity contribution is 5.93. The van der Waals surface area contributed by atoms with Gasteiger partial charge in [-0.2, -0.15) is 0 Å². The van der Waals surface area contributed by atoms with Crippen molar-refractivity contribution in [3.63, 3.8) is 0 Å². The minimum Gasteiger partial charge on any atom is -0.360 e. The second-order valence-electron chi connectivity index (χ2n) is 6.52. The van der Waals surface area contributed by atoms with E-state index in [4.69, 9.17) is 4.52 Å². The van der Waals surface area contributed by atoms with E-state index in [1.165, 1.54) is 11.1 Å². The molecular formula is C19H26N4O2. The van der Waals surface area contributed by atoms with Crippen molar-refractivity contribution in [1.29, 1.82) is 0 Å². The van der Waals surface area contributed by atoms with E-state index in [-0.39, 0.29) is 11.9 Å². The van der Waals surface area contributed by atoms with Crippen molar-refractivity contribution in [1.82, 2.24) is 15.4 Å². The third kappa shape index (κ3) is 4.67. The van der Waals surface area contributed by atoms with Gasteiger partial charge in [0.15, 0.2) is 5.82 Å². The van der Waals surface area contributed by atoms with Gasteiger partial charge in [-0.25, -0.2) is 0 Å². The summed E-state index contributed by atoms with van der Waals surface area (Å²) in [5, 5.41) is 9.96. The minimum absolute atomic E-state index is 0.0696. The van der Waals surface area contributed by atoms with Crippen LogP contribution in [0.15, 0.2) is 34.9 Å². The highest BCUT2D eigenvalue weighted by Gasteiger charge is 2.19. The third-order valence-electron chi connectivity index (χ3n) is 4.63. The first-order chi connectivity index (χ1) is 12.2. The van der Waals surface area contributed by atoms with Gasteiger partial charge in [0.2, 0.25) is 5.91 Å². The van der Waals surface area contributed by atoms with Crippen LogP contribution in [-0.4, -0.2) is 41.6 Å². The van der Waals surface area contributed by atoms with E-state index in [0.717, 1.165) is 39.0 Å². The number of benzene rings is 1. The Hall–Kier alpha value is -2.18. The Balaban J connectivity index is 1.45. The molecule has 1 aliphatic heterocycles. The number of nitrogens with zero attached hydrogens (tertiary/aromatic N) is 2. The fraction of sp³-hybridized carbons (Fsp3) is 0.474. The Labute approximate surface area is 148 Å². The number of hydrogen-bond donors (Lipinski definition) is 2. The van der Waals surface area contributed by atoms with Crippen molar-refractivity contribution in [2.24, 2.45) is 0 Å². The van der Waals surface area contributed by atoms with E-state index in [1.54, 1.807) is 13.0 Å². The fourth-order valence-corrected chi connectivity index (χ4v) is 3.20. The summed E-state index contributed by atoms with van der Waals surface area (Å²) in [6.07, 6.45) is 1.82. The molecule has 0 spiro atoms. The number of fused-ring (bicyclic) bond motifs is 1. The Morgan fingerprint density at radius 3 is 2.88 bits per heavy atom. The second kappa shape index (κ2) is 8.27. The molecule has 0 aliphatic carbocycles. The van der Waals surface area contributed by atoms with Gasteiger partial charge in [0.25, 0.3) is 0 Å². The summed E-state index contributed by atoms with van der Waals surface area (Å²) < 4.78 is 4.98. The number of rotatable bonds is 7. The number of anilines is 1. The van der Waals surface area contributed by atoms with E-state index in [0.29, 0.717) is 11.6 Å². The Morgan fingerprint density at radius 1 is 1.36 bits per heavy atom. The zero-order valence-corrected chi connectivity index (χ0v) is 14.9. The van der Waals surface area contributed by atoms with Crippen LogP contribution >= 0.6 is 0 Å². The van der Waals surface area contributed by atoms with Crippen molar-refractivity contribution < 1.29 is 9.32 Å². The fourth-order valence-electron chi connectivity index (χ4n) is 3.20. The van der Waals surface area contributed by atoms with Crippen LogP contribution in [0.2, 0.25) is 0 Å². The van der Waals surface area contributed by atoms with Crippen molar-refractivity contribution in [2.75, 3.05) is 25.0 Å². The van der Waals surface area contributed by atoms with Crippen molar-refractivity contribution >= 4 is 11.7 Å². The number of amides is 1. The predicted octanol–water partition coefficient (Wildman–Crippen LogP) is 2.35. The normalized spacial score (nSPS) is 15.6. The van der Waals surface area contributed by atoms with Crippen molar-refractivity contribution in [3.05, 3.63) is 47.2 Å². The van der Waals surface area contributed by atoms with Crippen LogP contribution in [0.4, 0.5) is 5.82 Å². The van der Waals surface area contributed by atoms with E-state index in [9.17, 15) is 4.79 Å². The highest BCUT2D eigenvalue weighted by Crippen LogP contribution is 2.17. The molecule has 2 aromatic rings. The van der Waals surface area contributed by atoms with Crippen molar-refractivity contribution in [3.8, 4) is 0 Å². The third-order valence-corrected chi connectivity index (χ3v) is 4.63. The Morgan fingerprint density at radius 2 is 2.16 bits per heavy atom. The van der Waals surface area contributed by atoms with Gasteiger partial charge in [-0.05, 0) is 30.9 Å². The number of aromatic nitrogens is 1. The summed E-state index contributed by atoms with van der Waals surface area (Å²) in [6, 6.07) is 10.1. The molecule has 6 nitrogen and oxygen atoms in total. The Kier molecular flexibility index (Phi) is 5.83. The van der Waals surface area contributed by atoms with Crippen LogP contribution < -0.4 is 10.6 Å². The number of carbonyl (C=O) groups excluding carboxylic acids is 1. The molecular weight excluding hydrogens is 316 g/mol. The van der Waals surface area contributed by atoms with Gasteiger partial charge in [0.05, 0.1) is 6.04 Å². The summed E-state index contributed by atoms with van der Waals surface area (Å²) in [5.74, 6) is 1.08. The van der Waals surface area contributed by atoms with Gasteiger partial charge in [-0.15, -0.1) is 0 Å². The molecule has 25 heavy (non-hydrogen) atoms. The molecule has 1 aromatic heterocycles. The number of carbonyl (C=O) groups is 1. The summed E-state index contributed by atoms with van der Waals surface area (Å²) in [4.78, 5) is 14.8. The molecule has 1 amide bonds. The number of nitrogens with one attached hydrogen (secondary N) is 2. The number of hydrogen-bond acceptors (Lipinski definition) is 5. The standard InChI is InChI=1S/C19H26N4O2/c1-3-17(19(24)21-18-12-14(2)25-22-18)20-9-11-23-10-8-15-6-4-5-7-16(15)13-23/h4-7,12,17,20H,3,8-11,13H2,1-2H3,(H,21,22,24)/t17-/m0/s1. The molecule has 0 saturated carbocycles. The van der Waals surface area contributed by atoms with Gasteiger partial charge in [-0.3, -0.25) is 9.69 Å². The van der Waals surface area contributed by atoms with Crippen LogP contribution in [0.3, 0.4) is 0 Å². The summed E-state index contributed by atoms with van der Waals surface area (Å²) >= 11 is 0. The second-order valence-corrected chi connectivity index (χ2v) is 6.52. The maximum Gasteiger partial charge on any atom is 0.242 e. The van der Waals surface area contributed by atoms with Gasteiger partial charge in [0, 0.05) is 32.2 Å². The molecule has 0 fully saturated rings. The van der Waals surface area contributed by atoms with Crippen LogP contribution in [0.5, 0.6) is 0 Å². The first-order valence-corrected chi connectivity index (χ1v) is 8.92. The monoisotopic (exact) mass is 342 g/mol.